The van der Waals surface area contributed by atoms with E-state index in [0.29, 0.717) is 0 Å². The minimum Gasteiger partial charge on any atom is -0.0854 e. The summed E-state index contributed by atoms with van der Waals surface area (Å²) in [6.45, 7) is 18.4. The molecule has 0 saturated heterocycles. The van der Waals surface area contributed by atoms with Gasteiger partial charge in [0.25, 0.3) is 0 Å². The number of allylic oxidation sites excluding steroid dienone is 6. The number of rotatable bonds is 0. The van der Waals surface area contributed by atoms with Crippen LogP contribution >= 0.6 is 0 Å². The average Bonchev–Trinajstić information content (AvgIpc) is 2.78. The summed E-state index contributed by atoms with van der Waals surface area (Å²) < 4.78 is 0. The van der Waals surface area contributed by atoms with Gasteiger partial charge in [-0.2, -0.15) is 0 Å². The lowest BCUT2D eigenvalue weighted by Crippen LogP contribution is -2.08. The molecule has 0 heteroatoms. The van der Waals surface area contributed by atoms with Crippen LogP contribution in [0.2, 0.25) is 0 Å². The first-order chi connectivity index (χ1) is 15.2. The minimum absolute atomic E-state index is 0. The Hall–Kier alpha value is -0.780. The highest BCUT2D eigenvalue weighted by molar-refractivity contribution is 5.02. The zero-order chi connectivity index (χ0) is 23.9. The molecule has 0 aromatic heterocycles. The van der Waals surface area contributed by atoms with Crippen molar-refractivity contribution in [3.05, 3.63) is 35.5 Å². The standard InChI is InChI=1S/C8H16.3C8H14.4CH4.H2/c4*1-7-3-5-8(2)6-4-7;;;;;/h7-8H,3-6H2,1-2H3;2*3,8H,4-6H2,1-2H3;3,5,7-8H,4,6H2,1-2H3;4*1H4;1H. The molecule has 0 aliphatic heterocycles. The number of hydrogen-bond donors (Lipinski definition) is 0. The van der Waals surface area contributed by atoms with Crippen molar-refractivity contribution < 1.29 is 1.43 Å². The lowest BCUT2D eigenvalue weighted by Gasteiger charge is -2.22. The molecule has 0 amide bonds. The SMILES string of the molecule is C.C.C.C.CC1=CCC(C)CC1.CC1=CCC(C)CC1.CC1C=CC(C)CC1.CC1CCC(C)CC1.[HH]. The summed E-state index contributed by atoms with van der Waals surface area (Å²) in [6.07, 6.45) is 26.2. The van der Waals surface area contributed by atoms with Crippen molar-refractivity contribution >= 4 is 0 Å². The van der Waals surface area contributed by atoms with Gasteiger partial charge in [0.05, 0.1) is 0 Å². The van der Waals surface area contributed by atoms with Crippen LogP contribution in [0.15, 0.2) is 35.5 Å². The molecular weight excluding hydrogens is 432 g/mol. The summed E-state index contributed by atoms with van der Waals surface area (Å²) in [5, 5.41) is 0. The smallest absolute Gasteiger partial charge is 0 e. The predicted octanol–water partition coefficient (Wildman–Crippen LogP) is 13.7. The van der Waals surface area contributed by atoms with Gasteiger partial charge in [-0.1, -0.05) is 132 Å². The Kier molecular flexibility index (Phi) is 28.9. The molecule has 1 fully saturated rings. The van der Waals surface area contributed by atoms with Gasteiger partial charge >= 0.3 is 0 Å². The molecule has 0 N–H and O–H groups in total. The van der Waals surface area contributed by atoms with Crippen molar-refractivity contribution in [2.75, 3.05) is 0 Å². The summed E-state index contributed by atoms with van der Waals surface area (Å²) >= 11 is 0. The molecule has 4 unspecified atom stereocenters. The first-order valence-electron chi connectivity index (χ1n) is 14.1. The second-order valence-corrected chi connectivity index (χ2v) is 12.1. The van der Waals surface area contributed by atoms with Gasteiger partial charge in [-0.25, -0.2) is 0 Å². The highest BCUT2D eigenvalue weighted by atomic mass is 14.2. The van der Waals surface area contributed by atoms with Crippen molar-refractivity contribution in [3.8, 4) is 0 Å². The Bertz CT molecular complexity index is 511. The van der Waals surface area contributed by atoms with Gasteiger partial charge in [0.15, 0.2) is 0 Å². The van der Waals surface area contributed by atoms with Crippen LogP contribution in [0.25, 0.3) is 0 Å². The molecule has 4 atom stereocenters. The maximum Gasteiger partial charge on any atom is 0 e. The summed E-state index contributed by atoms with van der Waals surface area (Å²) in [7, 11) is 0. The third-order valence-corrected chi connectivity index (χ3v) is 7.95. The fourth-order valence-electron chi connectivity index (χ4n) is 4.72. The van der Waals surface area contributed by atoms with E-state index in [9.17, 15) is 0 Å². The molecule has 0 spiro atoms. The van der Waals surface area contributed by atoms with E-state index in [1.54, 1.807) is 11.1 Å². The van der Waals surface area contributed by atoms with Crippen LogP contribution in [0.4, 0.5) is 0 Å². The van der Waals surface area contributed by atoms with E-state index < -0.39 is 0 Å². The summed E-state index contributed by atoms with van der Waals surface area (Å²) in [4.78, 5) is 0. The van der Waals surface area contributed by atoms with E-state index in [0.717, 1.165) is 35.5 Å². The van der Waals surface area contributed by atoms with E-state index in [2.05, 4.69) is 79.7 Å². The Labute approximate surface area is 234 Å². The van der Waals surface area contributed by atoms with E-state index in [-0.39, 0.29) is 31.1 Å². The molecular formula is C36H76. The fraction of sp³-hybridized carbons (Fsp3) is 0.833. The molecule has 0 nitrogen and oxygen atoms in total. The van der Waals surface area contributed by atoms with Crippen LogP contribution in [0.5, 0.6) is 0 Å². The van der Waals surface area contributed by atoms with Crippen LogP contribution in [0, 0.1) is 35.5 Å². The van der Waals surface area contributed by atoms with E-state index in [1.165, 1.54) is 77.0 Å². The van der Waals surface area contributed by atoms with Crippen molar-refractivity contribution in [3.63, 3.8) is 0 Å². The molecule has 36 heavy (non-hydrogen) atoms. The lowest BCUT2D eigenvalue weighted by molar-refractivity contribution is 0.308. The second-order valence-electron chi connectivity index (χ2n) is 12.1. The lowest BCUT2D eigenvalue weighted by atomic mass is 9.84. The summed E-state index contributed by atoms with van der Waals surface area (Å²) in [5.41, 5.74) is 3.17. The van der Waals surface area contributed by atoms with Crippen LogP contribution in [0.3, 0.4) is 0 Å². The van der Waals surface area contributed by atoms with Crippen LogP contribution in [-0.2, 0) is 0 Å². The van der Waals surface area contributed by atoms with Gasteiger partial charge in [0.1, 0.15) is 0 Å². The second kappa shape index (κ2) is 24.6. The van der Waals surface area contributed by atoms with Gasteiger partial charge in [0.2, 0.25) is 0 Å². The number of hydrogen-bond acceptors (Lipinski definition) is 0. The average molecular weight is 509 g/mol. The molecule has 4 rings (SSSR count). The molecule has 220 valence electrons. The fourth-order valence-corrected chi connectivity index (χ4v) is 4.72. The Balaban J connectivity index is -0.000000118. The van der Waals surface area contributed by atoms with Gasteiger partial charge in [-0.3, -0.25) is 0 Å². The van der Waals surface area contributed by atoms with Crippen molar-refractivity contribution in [1.82, 2.24) is 0 Å². The quantitative estimate of drug-likeness (QED) is 0.285. The van der Waals surface area contributed by atoms with Gasteiger partial charge < -0.3 is 0 Å². The third-order valence-electron chi connectivity index (χ3n) is 7.95. The molecule has 1 saturated carbocycles. The van der Waals surface area contributed by atoms with Crippen molar-refractivity contribution in [2.24, 2.45) is 35.5 Å². The zero-order valence-corrected chi connectivity index (χ0v) is 23.3. The van der Waals surface area contributed by atoms with Crippen LogP contribution < -0.4 is 0 Å². The first-order valence-corrected chi connectivity index (χ1v) is 14.1. The van der Waals surface area contributed by atoms with Crippen LogP contribution in [-0.4, -0.2) is 0 Å². The zero-order valence-electron chi connectivity index (χ0n) is 23.3. The molecule has 0 aromatic carbocycles. The highest BCUT2D eigenvalue weighted by Gasteiger charge is 2.13. The molecule has 4 aliphatic rings. The largest absolute Gasteiger partial charge is 0.0854 e. The summed E-state index contributed by atoms with van der Waals surface area (Å²) in [5.74, 6) is 5.60. The van der Waals surface area contributed by atoms with Gasteiger partial charge in [-0.05, 0) is 101 Å². The first kappa shape index (κ1) is 42.3. The van der Waals surface area contributed by atoms with E-state index in [1.807, 2.05) is 0 Å². The Morgan fingerprint density at radius 2 is 0.778 bits per heavy atom. The van der Waals surface area contributed by atoms with E-state index >= 15 is 0 Å². The van der Waals surface area contributed by atoms with E-state index in [4.69, 9.17) is 0 Å². The molecule has 0 radical (unpaired) electrons. The highest BCUT2D eigenvalue weighted by Crippen LogP contribution is 2.27. The minimum atomic E-state index is 0. The molecule has 4 aliphatic carbocycles. The van der Waals surface area contributed by atoms with Gasteiger partial charge in [0, 0.05) is 1.43 Å². The maximum atomic E-state index is 2.37. The topological polar surface area (TPSA) is 0 Å². The maximum absolute atomic E-state index is 2.37. The monoisotopic (exact) mass is 509 g/mol. The normalized spacial score (nSPS) is 30.4. The predicted molar refractivity (Wildman–Crippen MR) is 176 cm³/mol. The van der Waals surface area contributed by atoms with Crippen LogP contribution in [0.1, 0.15) is 164 Å². The molecule has 0 heterocycles. The molecule has 0 bridgehead atoms. The Morgan fingerprint density at radius 1 is 0.472 bits per heavy atom. The molecule has 0 aromatic rings. The third kappa shape index (κ3) is 22.4. The summed E-state index contributed by atoms with van der Waals surface area (Å²) in [6, 6.07) is 0. The Morgan fingerprint density at radius 3 is 0.972 bits per heavy atom. The van der Waals surface area contributed by atoms with Gasteiger partial charge in [-0.15, -0.1) is 0 Å². The van der Waals surface area contributed by atoms with Crippen molar-refractivity contribution in [2.45, 2.75) is 162 Å². The van der Waals surface area contributed by atoms with Crippen molar-refractivity contribution in [1.29, 1.82) is 0 Å².